The highest BCUT2D eigenvalue weighted by Crippen LogP contribution is 2.17. The summed E-state index contributed by atoms with van der Waals surface area (Å²) in [5, 5.41) is 0. The van der Waals surface area contributed by atoms with Crippen molar-refractivity contribution < 1.29 is 18.0 Å². The minimum atomic E-state index is -3.77. The summed E-state index contributed by atoms with van der Waals surface area (Å²) in [7, 11) is -3.77. The van der Waals surface area contributed by atoms with E-state index in [0.717, 1.165) is 12.8 Å². The summed E-state index contributed by atoms with van der Waals surface area (Å²) in [6.07, 6.45) is 5.16. The molecule has 1 fully saturated rings. The van der Waals surface area contributed by atoms with Crippen molar-refractivity contribution in [2.24, 2.45) is 0 Å². The van der Waals surface area contributed by atoms with E-state index in [1.54, 1.807) is 17.0 Å². The molecule has 3 aromatic rings. The van der Waals surface area contributed by atoms with Crippen LogP contribution in [0.4, 0.5) is 5.69 Å². The van der Waals surface area contributed by atoms with Crippen molar-refractivity contribution in [1.29, 1.82) is 0 Å². The number of sulfonamides is 1. The molecule has 1 aliphatic rings. The van der Waals surface area contributed by atoms with Gasteiger partial charge >= 0.3 is 0 Å². The van der Waals surface area contributed by atoms with Crippen LogP contribution in [0.2, 0.25) is 0 Å². The van der Waals surface area contributed by atoms with Crippen molar-refractivity contribution in [3.63, 3.8) is 0 Å². The maximum absolute atomic E-state index is 12.9. The van der Waals surface area contributed by atoms with Gasteiger partial charge in [0.05, 0.1) is 10.6 Å². The molecule has 0 spiro atoms. The predicted molar refractivity (Wildman–Crippen MR) is 133 cm³/mol. The summed E-state index contributed by atoms with van der Waals surface area (Å²) in [6.45, 7) is 1.90. The van der Waals surface area contributed by atoms with Gasteiger partial charge in [-0.2, -0.15) is 0 Å². The fourth-order valence-electron chi connectivity index (χ4n) is 4.00. The molecule has 0 atom stereocenters. The first-order valence-corrected chi connectivity index (χ1v) is 13.0. The Morgan fingerprint density at radius 2 is 1.46 bits per heavy atom. The highest BCUT2D eigenvalue weighted by molar-refractivity contribution is 7.92. The van der Waals surface area contributed by atoms with E-state index in [2.05, 4.69) is 21.8 Å². The van der Waals surface area contributed by atoms with Crippen molar-refractivity contribution in [3.8, 4) is 0 Å². The summed E-state index contributed by atoms with van der Waals surface area (Å²) in [5.41, 5.74) is 2.05. The summed E-state index contributed by atoms with van der Waals surface area (Å²) in [5.74, 6) is -0.0588. The van der Waals surface area contributed by atoms with E-state index in [0.29, 0.717) is 43.9 Å². The number of hydrogen-bond donors (Lipinski definition) is 1. The molecular weight excluding hydrogens is 464 g/mol. The first kappa shape index (κ1) is 24.4. The molecule has 2 amide bonds. The Hall–Kier alpha value is -3.72. The molecule has 8 nitrogen and oxygen atoms in total. The predicted octanol–water partition coefficient (Wildman–Crippen LogP) is 3.19. The maximum atomic E-state index is 12.9. The Morgan fingerprint density at radius 1 is 0.829 bits per heavy atom. The van der Waals surface area contributed by atoms with Crippen molar-refractivity contribution in [3.05, 3.63) is 90.3 Å². The van der Waals surface area contributed by atoms with Crippen molar-refractivity contribution in [2.45, 2.75) is 24.2 Å². The molecule has 1 saturated heterocycles. The van der Waals surface area contributed by atoms with Crippen LogP contribution in [-0.4, -0.2) is 61.2 Å². The van der Waals surface area contributed by atoms with E-state index in [9.17, 15) is 18.0 Å². The SMILES string of the molecule is O=C(CCCc1ccccc1)N1CCN(C(=O)c2ccc(S(=O)(=O)Nc3ccncc3)cc2)CC1. The number of carbonyl (C=O) groups is 2. The number of aryl methyl sites for hydroxylation is 1. The first-order valence-electron chi connectivity index (χ1n) is 11.6. The number of aromatic nitrogens is 1. The summed E-state index contributed by atoms with van der Waals surface area (Å²) >= 11 is 0. The molecule has 2 heterocycles. The second-order valence-electron chi connectivity index (χ2n) is 8.38. The molecule has 0 aliphatic carbocycles. The van der Waals surface area contributed by atoms with E-state index >= 15 is 0 Å². The first-order chi connectivity index (χ1) is 16.9. The van der Waals surface area contributed by atoms with E-state index in [1.165, 1.54) is 42.2 Å². The molecule has 0 unspecified atom stereocenters. The molecule has 0 radical (unpaired) electrons. The molecule has 2 aromatic carbocycles. The Balaban J connectivity index is 1.27. The van der Waals surface area contributed by atoms with Gasteiger partial charge in [0.15, 0.2) is 0 Å². The molecule has 1 aliphatic heterocycles. The fraction of sp³-hybridized carbons (Fsp3) is 0.269. The minimum Gasteiger partial charge on any atom is -0.339 e. The largest absolute Gasteiger partial charge is 0.339 e. The zero-order valence-corrected chi connectivity index (χ0v) is 20.2. The zero-order chi connectivity index (χ0) is 24.7. The van der Waals surface area contributed by atoms with Gasteiger partial charge in [-0.05, 0) is 54.8 Å². The number of anilines is 1. The topological polar surface area (TPSA) is 99.7 Å². The Morgan fingerprint density at radius 3 is 2.11 bits per heavy atom. The fourth-order valence-corrected chi connectivity index (χ4v) is 5.06. The van der Waals surface area contributed by atoms with Gasteiger partial charge in [-0.15, -0.1) is 0 Å². The van der Waals surface area contributed by atoms with Crippen molar-refractivity contribution in [2.75, 3.05) is 30.9 Å². The number of pyridine rings is 1. The Kier molecular flexibility index (Phi) is 7.77. The van der Waals surface area contributed by atoms with Gasteiger partial charge in [0, 0.05) is 50.6 Å². The Bertz CT molecular complexity index is 1240. The van der Waals surface area contributed by atoms with Gasteiger partial charge in [-0.25, -0.2) is 8.42 Å². The monoisotopic (exact) mass is 492 g/mol. The number of amides is 2. The van der Waals surface area contributed by atoms with Crippen LogP contribution in [0.15, 0.2) is 84.0 Å². The third-order valence-corrected chi connectivity index (χ3v) is 7.36. The van der Waals surface area contributed by atoms with Gasteiger partial charge in [0.2, 0.25) is 5.91 Å². The van der Waals surface area contributed by atoms with Gasteiger partial charge in [-0.1, -0.05) is 30.3 Å². The van der Waals surface area contributed by atoms with E-state index < -0.39 is 10.0 Å². The number of rotatable bonds is 8. The third kappa shape index (κ3) is 6.45. The average molecular weight is 493 g/mol. The summed E-state index contributed by atoms with van der Waals surface area (Å²) < 4.78 is 27.6. The number of hydrogen-bond acceptors (Lipinski definition) is 5. The van der Waals surface area contributed by atoms with Crippen LogP contribution in [0.3, 0.4) is 0 Å². The number of nitrogens with zero attached hydrogens (tertiary/aromatic N) is 3. The van der Waals surface area contributed by atoms with Crippen molar-refractivity contribution >= 4 is 27.5 Å². The number of piperazine rings is 1. The van der Waals surface area contributed by atoms with Crippen LogP contribution < -0.4 is 4.72 Å². The number of benzene rings is 2. The zero-order valence-electron chi connectivity index (χ0n) is 19.3. The second kappa shape index (κ2) is 11.1. The lowest BCUT2D eigenvalue weighted by Gasteiger charge is -2.35. The molecule has 0 bridgehead atoms. The lowest BCUT2D eigenvalue weighted by molar-refractivity contribution is -0.132. The molecule has 35 heavy (non-hydrogen) atoms. The summed E-state index contributed by atoms with van der Waals surface area (Å²) in [6, 6.07) is 19.1. The standard InChI is InChI=1S/C26H28N4O4S/c31-25(8-4-7-21-5-2-1-3-6-21)29-17-19-30(20-18-29)26(32)22-9-11-24(12-10-22)35(33,34)28-23-13-15-27-16-14-23/h1-3,5-6,9-16H,4,7-8,17-20H2,(H,27,28). The second-order valence-corrected chi connectivity index (χ2v) is 10.1. The van der Waals surface area contributed by atoms with Gasteiger partial charge in [0.1, 0.15) is 0 Å². The smallest absolute Gasteiger partial charge is 0.261 e. The highest BCUT2D eigenvalue weighted by atomic mass is 32.2. The van der Waals surface area contributed by atoms with Crippen molar-refractivity contribution in [1.82, 2.24) is 14.8 Å². The molecule has 1 N–H and O–H groups in total. The Labute approximate surface area is 205 Å². The normalized spacial score (nSPS) is 13.9. The van der Waals surface area contributed by atoms with Crippen LogP contribution in [0.25, 0.3) is 0 Å². The third-order valence-electron chi connectivity index (χ3n) is 5.96. The van der Waals surface area contributed by atoms with Crippen LogP contribution >= 0.6 is 0 Å². The quantitative estimate of drug-likeness (QED) is 0.521. The summed E-state index contributed by atoms with van der Waals surface area (Å²) in [4.78, 5) is 32.9. The van der Waals surface area contributed by atoms with Crippen LogP contribution in [0, 0.1) is 0 Å². The van der Waals surface area contributed by atoms with Crippen LogP contribution in [0.1, 0.15) is 28.8 Å². The lowest BCUT2D eigenvalue weighted by atomic mass is 10.1. The number of carbonyl (C=O) groups excluding carboxylic acids is 2. The average Bonchev–Trinajstić information content (AvgIpc) is 2.89. The van der Waals surface area contributed by atoms with E-state index in [1.807, 2.05) is 23.1 Å². The van der Waals surface area contributed by atoms with Gasteiger partial charge < -0.3 is 9.80 Å². The van der Waals surface area contributed by atoms with E-state index in [4.69, 9.17) is 0 Å². The van der Waals surface area contributed by atoms with Crippen LogP contribution in [-0.2, 0) is 21.2 Å². The lowest BCUT2D eigenvalue weighted by Crippen LogP contribution is -2.50. The molecule has 4 rings (SSSR count). The minimum absolute atomic E-state index is 0.0665. The number of nitrogens with one attached hydrogen (secondary N) is 1. The maximum Gasteiger partial charge on any atom is 0.261 e. The highest BCUT2D eigenvalue weighted by Gasteiger charge is 2.25. The van der Waals surface area contributed by atoms with Crippen LogP contribution in [0.5, 0.6) is 0 Å². The molecule has 0 saturated carbocycles. The van der Waals surface area contributed by atoms with E-state index in [-0.39, 0.29) is 16.7 Å². The molecule has 182 valence electrons. The molecule has 9 heteroatoms. The molecule has 1 aromatic heterocycles. The van der Waals surface area contributed by atoms with Gasteiger partial charge in [0.25, 0.3) is 15.9 Å². The molecular formula is C26H28N4O4S. The van der Waals surface area contributed by atoms with Gasteiger partial charge in [-0.3, -0.25) is 19.3 Å².